The third-order valence-corrected chi connectivity index (χ3v) is 3.46. The van der Waals surface area contributed by atoms with Crippen LogP contribution in [0.1, 0.15) is 17.0 Å². The fourth-order valence-corrected chi connectivity index (χ4v) is 2.28. The Bertz CT molecular complexity index is 901. The summed E-state index contributed by atoms with van der Waals surface area (Å²) in [5.74, 6) is -0.367. The summed E-state index contributed by atoms with van der Waals surface area (Å²) in [5.41, 5.74) is 0.789. The van der Waals surface area contributed by atoms with Crippen LogP contribution < -0.4 is 10.1 Å². The van der Waals surface area contributed by atoms with Crippen molar-refractivity contribution in [3.8, 4) is 5.75 Å². The summed E-state index contributed by atoms with van der Waals surface area (Å²) in [7, 11) is 0. The first-order chi connectivity index (χ1) is 12.1. The van der Waals surface area contributed by atoms with E-state index in [1.807, 2.05) is 30.3 Å². The zero-order chi connectivity index (χ0) is 17.6. The molecule has 1 aromatic carbocycles. The number of benzene rings is 1. The lowest BCUT2D eigenvalue weighted by atomic mass is 10.2. The minimum absolute atomic E-state index is 0.0918. The molecule has 0 radical (unpaired) electrons. The van der Waals surface area contributed by atoms with Crippen molar-refractivity contribution in [2.24, 2.45) is 0 Å². The number of rotatable bonds is 7. The molecule has 0 spiro atoms. The molecule has 0 bridgehead atoms. The Labute approximate surface area is 142 Å². The van der Waals surface area contributed by atoms with E-state index in [1.165, 1.54) is 6.07 Å². The Hall–Kier alpha value is -3.42. The molecule has 0 atom stereocenters. The smallest absolute Gasteiger partial charge is 0.433 e. The molecular weight excluding hydrogens is 326 g/mol. The monoisotopic (exact) mass is 341 g/mol. The maximum absolute atomic E-state index is 11.8. The lowest BCUT2D eigenvalue weighted by molar-refractivity contribution is -0.402. The van der Waals surface area contributed by atoms with Crippen molar-refractivity contribution in [1.82, 2.24) is 10.3 Å². The highest BCUT2D eigenvalue weighted by atomic mass is 16.6. The lowest BCUT2D eigenvalue weighted by Crippen LogP contribution is -2.25. The third-order valence-electron chi connectivity index (χ3n) is 3.46. The number of aromatic nitrogens is 1. The molecular formula is C17H15N3O5. The van der Waals surface area contributed by atoms with Crippen LogP contribution in [0.4, 0.5) is 5.88 Å². The molecule has 2 heterocycles. The van der Waals surface area contributed by atoms with Gasteiger partial charge in [0.25, 0.3) is 5.91 Å². The molecule has 1 N–H and O–H groups in total. The van der Waals surface area contributed by atoms with E-state index >= 15 is 0 Å². The minimum Gasteiger partial charge on any atom is -0.491 e. The maximum atomic E-state index is 11.8. The van der Waals surface area contributed by atoms with E-state index in [4.69, 9.17) is 9.15 Å². The second-order valence-corrected chi connectivity index (χ2v) is 5.18. The zero-order valence-electron chi connectivity index (χ0n) is 13.2. The highest BCUT2D eigenvalue weighted by Gasteiger charge is 2.16. The molecule has 8 heteroatoms. The van der Waals surface area contributed by atoms with Crippen molar-refractivity contribution in [3.05, 3.63) is 64.5 Å². The topological polar surface area (TPSA) is 108 Å². The van der Waals surface area contributed by atoms with Crippen molar-refractivity contribution in [1.29, 1.82) is 0 Å². The molecule has 3 rings (SSSR count). The Morgan fingerprint density at radius 2 is 2.08 bits per heavy atom. The molecule has 0 fully saturated rings. The number of pyridine rings is 1. The SMILES string of the molecule is O=C(NCCCOc1cccc2cccnc12)c1ccc([N+](=O)[O-])o1. The van der Waals surface area contributed by atoms with Crippen LogP contribution >= 0.6 is 0 Å². The summed E-state index contributed by atoms with van der Waals surface area (Å²) in [6.45, 7) is 0.750. The van der Waals surface area contributed by atoms with E-state index in [-0.39, 0.29) is 5.76 Å². The number of amides is 1. The van der Waals surface area contributed by atoms with Crippen molar-refractivity contribution in [2.75, 3.05) is 13.2 Å². The summed E-state index contributed by atoms with van der Waals surface area (Å²) in [4.78, 5) is 25.9. The average molecular weight is 341 g/mol. The van der Waals surface area contributed by atoms with E-state index in [2.05, 4.69) is 10.3 Å². The van der Waals surface area contributed by atoms with Crippen LogP contribution in [0, 0.1) is 10.1 Å². The number of furan rings is 1. The van der Waals surface area contributed by atoms with Gasteiger partial charge in [0, 0.05) is 18.1 Å². The van der Waals surface area contributed by atoms with Gasteiger partial charge >= 0.3 is 5.88 Å². The molecule has 0 unspecified atom stereocenters. The molecule has 0 aliphatic rings. The third kappa shape index (κ3) is 3.92. The molecule has 128 valence electrons. The number of nitrogens with zero attached hydrogens (tertiary/aromatic N) is 2. The van der Waals surface area contributed by atoms with Crippen molar-refractivity contribution >= 4 is 22.7 Å². The van der Waals surface area contributed by atoms with E-state index < -0.39 is 16.7 Å². The van der Waals surface area contributed by atoms with E-state index in [9.17, 15) is 14.9 Å². The number of ether oxygens (including phenoxy) is 1. The molecule has 0 aliphatic heterocycles. The quantitative estimate of drug-likeness (QED) is 0.402. The summed E-state index contributed by atoms with van der Waals surface area (Å²) in [5, 5.41) is 14.1. The highest BCUT2D eigenvalue weighted by Crippen LogP contribution is 2.22. The minimum atomic E-state index is -0.692. The van der Waals surface area contributed by atoms with E-state index in [1.54, 1.807) is 6.20 Å². The number of fused-ring (bicyclic) bond motifs is 1. The van der Waals surface area contributed by atoms with Crippen LogP contribution in [0.2, 0.25) is 0 Å². The van der Waals surface area contributed by atoms with Crippen LogP contribution in [0.3, 0.4) is 0 Å². The lowest BCUT2D eigenvalue weighted by Gasteiger charge is -2.08. The fourth-order valence-electron chi connectivity index (χ4n) is 2.28. The van der Waals surface area contributed by atoms with Gasteiger partial charge in [-0.2, -0.15) is 0 Å². The summed E-state index contributed by atoms with van der Waals surface area (Å²) >= 11 is 0. The van der Waals surface area contributed by atoms with E-state index in [0.717, 1.165) is 17.0 Å². The summed E-state index contributed by atoms with van der Waals surface area (Å²) < 4.78 is 10.5. The van der Waals surface area contributed by atoms with Crippen molar-refractivity contribution in [3.63, 3.8) is 0 Å². The van der Waals surface area contributed by atoms with Gasteiger partial charge < -0.3 is 14.5 Å². The summed E-state index contributed by atoms with van der Waals surface area (Å²) in [6, 6.07) is 11.9. The van der Waals surface area contributed by atoms with Gasteiger partial charge in [-0.05, 0) is 24.6 Å². The number of para-hydroxylation sites is 1. The first kappa shape index (κ1) is 16.4. The number of nitro groups is 1. The molecule has 25 heavy (non-hydrogen) atoms. The Morgan fingerprint density at radius 1 is 1.24 bits per heavy atom. The van der Waals surface area contributed by atoms with Gasteiger partial charge in [0.05, 0.1) is 12.7 Å². The molecule has 3 aromatic rings. The number of carbonyl (C=O) groups is 1. The highest BCUT2D eigenvalue weighted by molar-refractivity contribution is 5.91. The van der Waals surface area contributed by atoms with Crippen LogP contribution in [0.15, 0.2) is 53.1 Å². The number of nitrogens with one attached hydrogen (secondary N) is 1. The summed E-state index contributed by atoms with van der Waals surface area (Å²) in [6.07, 6.45) is 2.27. The van der Waals surface area contributed by atoms with Gasteiger partial charge in [-0.3, -0.25) is 19.9 Å². The van der Waals surface area contributed by atoms with Gasteiger partial charge in [-0.25, -0.2) is 0 Å². The largest absolute Gasteiger partial charge is 0.491 e. The van der Waals surface area contributed by atoms with Crippen LogP contribution in [0.5, 0.6) is 5.75 Å². The zero-order valence-corrected chi connectivity index (χ0v) is 13.2. The number of carbonyl (C=O) groups excluding carboxylic acids is 1. The Kier molecular flexibility index (Phi) is 4.89. The van der Waals surface area contributed by atoms with Crippen LogP contribution in [-0.2, 0) is 0 Å². The molecule has 8 nitrogen and oxygen atoms in total. The van der Waals surface area contributed by atoms with Crippen molar-refractivity contribution < 1.29 is 18.9 Å². The van der Waals surface area contributed by atoms with Crippen LogP contribution in [-0.4, -0.2) is 29.0 Å². The Morgan fingerprint density at radius 3 is 2.88 bits per heavy atom. The molecule has 0 saturated heterocycles. The molecule has 0 aliphatic carbocycles. The predicted octanol–water partition coefficient (Wildman–Crippen LogP) is 2.93. The Balaban J connectivity index is 1.46. The standard InChI is InChI=1S/C17H15N3O5/c21-17(14-7-8-15(25-14)20(22)23)19-10-3-11-24-13-6-1-4-12-5-2-9-18-16(12)13/h1-2,4-9H,3,10-11H2,(H,19,21). The van der Waals surface area contributed by atoms with Gasteiger partial charge in [-0.15, -0.1) is 0 Å². The average Bonchev–Trinajstić information content (AvgIpc) is 3.12. The van der Waals surface area contributed by atoms with Crippen LogP contribution in [0.25, 0.3) is 10.9 Å². The molecule has 1 amide bonds. The second kappa shape index (κ2) is 7.43. The first-order valence-electron chi connectivity index (χ1n) is 7.64. The molecule has 0 saturated carbocycles. The number of hydrogen-bond acceptors (Lipinski definition) is 6. The van der Waals surface area contributed by atoms with Gasteiger partial charge in [-0.1, -0.05) is 18.2 Å². The van der Waals surface area contributed by atoms with E-state index in [0.29, 0.717) is 25.3 Å². The second-order valence-electron chi connectivity index (χ2n) is 5.18. The normalized spacial score (nSPS) is 10.6. The molecule has 2 aromatic heterocycles. The predicted molar refractivity (Wildman–Crippen MR) is 89.6 cm³/mol. The fraction of sp³-hybridized carbons (Fsp3) is 0.176. The van der Waals surface area contributed by atoms with Gasteiger partial charge in [0.2, 0.25) is 0 Å². The maximum Gasteiger partial charge on any atom is 0.433 e. The van der Waals surface area contributed by atoms with Crippen molar-refractivity contribution in [2.45, 2.75) is 6.42 Å². The van der Waals surface area contributed by atoms with Gasteiger partial charge in [0.15, 0.2) is 5.76 Å². The number of hydrogen-bond donors (Lipinski definition) is 1. The van der Waals surface area contributed by atoms with Gasteiger partial charge in [0.1, 0.15) is 16.2 Å². The first-order valence-corrected chi connectivity index (χ1v) is 7.64.